The lowest BCUT2D eigenvalue weighted by molar-refractivity contribution is -0.119. The van der Waals surface area contributed by atoms with Crippen LogP contribution in [0.15, 0.2) is 24.3 Å². The summed E-state index contributed by atoms with van der Waals surface area (Å²) >= 11 is 0. The molecule has 1 aliphatic rings. The molecule has 0 atom stereocenters. The Morgan fingerprint density at radius 1 is 1.41 bits per heavy atom. The van der Waals surface area contributed by atoms with Crippen LogP contribution in [0.4, 0.5) is 0 Å². The number of primary amides is 1. The number of amides is 1. The largest absolute Gasteiger partial charge is 0.484 e. The van der Waals surface area contributed by atoms with Crippen molar-refractivity contribution in [3.05, 3.63) is 29.8 Å². The molecule has 1 aromatic rings. The Hall–Kier alpha value is -1.59. The normalized spacial score (nSPS) is 15.3. The highest BCUT2D eigenvalue weighted by Crippen LogP contribution is 2.12. The number of hydrogen-bond donors (Lipinski definition) is 2. The van der Waals surface area contributed by atoms with Crippen LogP contribution >= 0.6 is 0 Å². The van der Waals surface area contributed by atoms with E-state index in [1.165, 1.54) is 5.56 Å². The SMILES string of the molecule is NC(=O)COc1ccc(CNC2COC2)cc1. The van der Waals surface area contributed by atoms with Gasteiger partial charge >= 0.3 is 0 Å². The standard InChI is InChI=1S/C12H16N2O3/c13-12(15)8-17-11-3-1-9(2-4-11)5-14-10-6-16-7-10/h1-4,10,14H,5-8H2,(H2,13,15). The number of carbonyl (C=O) groups excluding carboxylic acids is 1. The topological polar surface area (TPSA) is 73.6 Å². The van der Waals surface area contributed by atoms with Crippen molar-refractivity contribution in [2.24, 2.45) is 5.73 Å². The van der Waals surface area contributed by atoms with Crippen molar-refractivity contribution < 1.29 is 14.3 Å². The van der Waals surface area contributed by atoms with Gasteiger partial charge in [0.05, 0.1) is 19.3 Å². The summed E-state index contributed by atoms with van der Waals surface area (Å²) < 4.78 is 10.2. The molecule has 5 heteroatoms. The first-order valence-corrected chi connectivity index (χ1v) is 5.55. The van der Waals surface area contributed by atoms with Crippen molar-refractivity contribution >= 4 is 5.91 Å². The van der Waals surface area contributed by atoms with Gasteiger partial charge in [0.1, 0.15) is 5.75 Å². The van der Waals surface area contributed by atoms with E-state index in [1.54, 1.807) is 0 Å². The van der Waals surface area contributed by atoms with E-state index in [0.717, 1.165) is 19.8 Å². The lowest BCUT2D eigenvalue weighted by Crippen LogP contribution is -2.45. The molecule has 1 fully saturated rings. The first kappa shape index (κ1) is 11.9. The van der Waals surface area contributed by atoms with Crippen LogP contribution in [-0.2, 0) is 16.1 Å². The summed E-state index contributed by atoms with van der Waals surface area (Å²) in [5, 5.41) is 3.37. The zero-order valence-corrected chi connectivity index (χ0v) is 9.52. The van der Waals surface area contributed by atoms with E-state index >= 15 is 0 Å². The van der Waals surface area contributed by atoms with Crippen molar-refractivity contribution in [1.29, 1.82) is 0 Å². The fourth-order valence-corrected chi connectivity index (χ4v) is 1.47. The molecule has 0 unspecified atom stereocenters. The number of rotatable bonds is 6. The zero-order valence-electron chi connectivity index (χ0n) is 9.52. The molecule has 17 heavy (non-hydrogen) atoms. The van der Waals surface area contributed by atoms with Crippen LogP contribution in [0, 0.1) is 0 Å². The Balaban J connectivity index is 1.77. The quantitative estimate of drug-likeness (QED) is 0.731. The maximum absolute atomic E-state index is 10.5. The molecule has 1 amide bonds. The Morgan fingerprint density at radius 3 is 2.65 bits per heavy atom. The van der Waals surface area contributed by atoms with Crippen molar-refractivity contribution in [2.45, 2.75) is 12.6 Å². The van der Waals surface area contributed by atoms with Gasteiger partial charge in [0, 0.05) is 6.54 Å². The number of hydrogen-bond acceptors (Lipinski definition) is 4. The van der Waals surface area contributed by atoms with E-state index in [1.807, 2.05) is 24.3 Å². The second-order valence-electron chi connectivity index (χ2n) is 4.01. The molecular weight excluding hydrogens is 220 g/mol. The zero-order chi connectivity index (χ0) is 12.1. The Labute approximate surface area is 99.9 Å². The number of ether oxygens (including phenoxy) is 2. The third-order valence-corrected chi connectivity index (χ3v) is 2.54. The summed E-state index contributed by atoms with van der Waals surface area (Å²) in [5.41, 5.74) is 6.16. The van der Waals surface area contributed by atoms with Crippen LogP contribution in [0.1, 0.15) is 5.56 Å². The summed E-state index contributed by atoms with van der Waals surface area (Å²) in [6, 6.07) is 8.06. The van der Waals surface area contributed by atoms with Gasteiger partial charge in [-0.05, 0) is 17.7 Å². The highest BCUT2D eigenvalue weighted by molar-refractivity contribution is 5.75. The average Bonchev–Trinajstić information content (AvgIpc) is 2.26. The molecular formula is C12H16N2O3. The third kappa shape index (κ3) is 3.72. The summed E-state index contributed by atoms with van der Waals surface area (Å²) in [6.07, 6.45) is 0. The van der Waals surface area contributed by atoms with Gasteiger partial charge in [0.25, 0.3) is 5.91 Å². The molecule has 1 aliphatic heterocycles. The molecule has 1 heterocycles. The van der Waals surface area contributed by atoms with E-state index in [9.17, 15) is 4.79 Å². The van der Waals surface area contributed by atoms with Crippen LogP contribution in [0.3, 0.4) is 0 Å². The van der Waals surface area contributed by atoms with E-state index < -0.39 is 5.91 Å². The van der Waals surface area contributed by atoms with Gasteiger partial charge in [-0.25, -0.2) is 0 Å². The molecule has 0 aliphatic carbocycles. The molecule has 1 saturated heterocycles. The monoisotopic (exact) mass is 236 g/mol. The molecule has 5 nitrogen and oxygen atoms in total. The lowest BCUT2D eigenvalue weighted by atomic mass is 10.2. The van der Waals surface area contributed by atoms with Crippen LogP contribution in [0.25, 0.3) is 0 Å². The second kappa shape index (κ2) is 5.65. The minimum atomic E-state index is -0.472. The van der Waals surface area contributed by atoms with E-state index in [0.29, 0.717) is 11.8 Å². The number of nitrogens with two attached hydrogens (primary N) is 1. The first-order chi connectivity index (χ1) is 8.24. The van der Waals surface area contributed by atoms with E-state index in [-0.39, 0.29) is 6.61 Å². The number of carbonyl (C=O) groups is 1. The minimum Gasteiger partial charge on any atom is -0.484 e. The Bertz CT molecular complexity index is 374. The molecule has 2 rings (SSSR count). The number of nitrogens with one attached hydrogen (secondary N) is 1. The van der Waals surface area contributed by atoms with Crippen LogP contribution in [0.5, 0.6) is 5.75 Å². The maximum atomic E-state index is 10.5. The highest BCUT2D eigenvalue weighted by Gasteiger charge is 2.16. The fourth-order valence-electron chi connectivity index (χ4n) is 1.47. The average molecular weight is 236 g/mol. The van der Waals surface area contributed by atoms with Gasteiger partial charge in [0.15, 0.2) is 6.61 Å². The van der Waals surface area contributed by atoms with E-state index in [4.69, 9.17) is 15.2 Å². The highest BCUT2D eigenvalue weighted by atomic mass is 16.5. The summed E-state index contributed by atoms with van der Waals surface area (Å²) in [4.78, 5) is 10.5. The van der Waals surface area contributed by atoms with Gasteiger partial charge in [0.2, 0.25) is 0 Å². The van der Waals surface area contributed by atoms with E-state index in [2.05, 4.69) is 5.32 Å². The molecule has 1 aromatic carbocycles. The van der Waals surface area contributed by atoms with Crippen molar-refractivity contribution in [3.63, 3.8) is 0 Å². The van der Waals surface area contributed by atoms with Gasteiger partial charge in [-0.15, -0.1) is 0 Å². The molecule has 0 radical (unpaired) electrons. The molecule has 0 aromatic heterocycles. The Kier molecular flexibility index (Phi) is 3.95. The van der Waals surface area contributed by atoms with Gasteiger partial charge in [-0.2, -0.15) is 0 Å². The van der Waals surface area contributed by atoms with Gasteiger partial charge in [-0.1, -0.05) is 12.1 Å². The fraction of sp³-hybridized carbons (Fsp3) is 0.417. The van der Waals surface area contributed by atoms with Crippen LogP contribution in [-0.4, -0.2) is 31.8 Å². The second-order valence-corrected chi connectivity index (χ2v) is 4.01. The van der Waals surface area contributed by atoms with Crippen molar-refractivity contribution in [2.75, 3.05) is 19.8 Å². The number of benzene rings is 1. The predicted octanol–water partition coefficient (Wildman–Crippen LogP) is 0.0391. The minimum absolute atomic E-state index is 0.0863. The van der Waals surface area contributed by atoms with Gasteiger partial charge in [-0.3, -0.25) is 4.79 Å². The third-order valence-electron chi connectivity index (χ3n) is 2.54. The smallest absolute Gasteiger partial charge is 0.255 e. The first-order valence-electron chi connectivity index (χ1n) is 5.55. The lowest BCUT2D eigenvalue weighted by Gasteiger charge is -2.27. The molecule has 0 bridgehead atoms. The molecule has 0 saturated carbocycles. The summed E-state index contributed by atoms with van der Waals surface area (Å²) in [6.45, 7) is 2.31. The summed E-state index contributed by atoms with van der Waals surface area (Å²) in [7, 11) is 0. The van der Waals surface area contributed by atoms with Gasteiger partial charge < -0.3 is 20.5 Å². The predicted molar refractivity (Wildman–Crippen MR) is 62.6 cm³/mol. The van der Waals surface area contributed by atoms with Crippen molar-refractivity contribution in [1.82, 2.24) is 5.32 Å². The summed E-state index contributed by atoms with van der Waals surface area (Å²) in [5.74, 6) is 0.181. The van der Waals surface area contributed by atoms with Crippen molar-refractivity contribution in [3.8, 4) is 5.75 Å². The molecule has 0 spiro atoms. The molecule has 3 N–H and O–H groups in total. The van der Waals surface area contributed by atoms with Crippen LogP contribution in [0.2, 0.25) is 0 Å². The molecule has 92 valence electrons. The maximum Gasteiger partial charge on any atom is 0.255 e. The van der Waals surface area contributed by atoms with Crippen LogP contribution < -0.4 is 15.8 Å². The Morgan fingerprint density at radius 2 is 2.12 bits per heavy atom.